The zero-order chi connectivity index (χ0) is 13.9. The third kappa shape index (κ3) is 6.79. The number of methoxy groups -OCH3 is 1. The van der Waals surface area contributed by atoms with Crippen molar-refractivity contribution in [2.75, 3.05) is 26.8 Å². The maximum Gasteiger partial charge on any atom is 0.205 e. The van der Waals surface area contributed by atoms with Crippen molar-refractivity contribution in [1.82, 2.24) is 10.7 Å². The highest BCUT2D eigenvalue weighted by atomic mass is 16.5. The number of nitrogens with two attached hydrogens (primary N) is 1. The predicted molar refractivity (Wildman–Crippen MR) is 79.0 cm³/mol. The normalized spacial score (nSPS) is 11.4. The van der Waals surface area contributed by atoms with Crippen LogP contribution in [0.4, 0.5) is 0 Å². The minimum absolute atomic E-state index is 0.628. The van der Waals surface area contributed by atoms with E-state index >= 15 is 0 Å². The lowest BCUT2D eigenvalue weighted by atomic mass is 10.1. The van der Waals surface area contributed by atoms with E-state index in [2.05, 4.69) is 46.9 Å². The molecule has 0 unspecified atom stereocenters. The maximum absolute atomic E-state index is 5.42. The molecule has 0 aromatic heterocycles. The molecule has 0 amide bonds. The lowest BCUT2D eigenvalue weighted by molar-refractivity contribution is 0.197. The van der Waals surface area contributed by atoms with E-state index in [1.807, 2.05) is 0 Å². The fraction of sp³-hybridized carbons (Fsp3) is 0.500. The number of hydrogen-bond acceptors (Lipinski definition) is 3. The summed E-state index contributed by atoms with van der Waals surface area (Å²) in [6.07, 6.45) is 1.84. The summed E-state index contributed by atoms with van der Waals surface area (Å²) in [4.78, 5) is 4.32. The molecule has 1 aromatic carbocycles. The van der Waals surface area contributed by atoms with Crippen molar-refractivity contribution in [1.29, 1.82) is 0 Å². The molecule has 0 heterocycles. The lowest BCUT2D eigenvalue weighted by Crippen LogP contribution is -2.42. The molecule has 0 saturated carbocycles. The van der Waals surface area contributed by atoms with Crippen LogP contribution in [0.2, 0.25) is 0 Å². The van der Waals surface area contributed by atoms with Gasteiger partial charge in [-0.15, -0.1) is 0 Å². The number of aryl methyl sites for hydroxylation is 1. The van der Waals surface area contributed by atoms with Crippen molar-refractivity contribution < 1.29 is 4.74 Å². The summed E-state index contributed by atoms with van der Waals surface area (Å²) < 4.78 is 4.97. The Morgan fingerprint density at radius 1 is 1.42 bits per heavy atom. The van der Waals surface area contributed by atoms with Gasteiger partial charge in [-0.2, -0.15) is 0 Å². The van der Waals surface area contributed by atoms with Gasteiger partial charge in [0.1, 0.15) is 0 Å². The van der Waals surface area contributed by atoms with Crippen LogP contribution in [-0.4, -0.2) is 32.8 Å². The first-order valence-corrected chi connectivity index (χ1v) is 6.55. The summed E-state index contributed by atoms with van der Waals surface area (Å²) in [5.74, 6) is 6.05. The Hall–Kier alpha value is -1.59. The van der Waals surface area contributed by atoms with Crippen LogP contribution in [0.25, 0.3) is 0 Å². The Balaban J connectivity index is 2.29. The second-order valence-corrected chi connectivity index (χ2v) is 4.39. The fourth-order valence-electron chi connectivity index (χ4n) is 1.75. The number of hydrogen-bond donors (Lipinski definition) is 3. The van der Waals surface area contributed by atoms with Crippen molar-refractivity contribution >= 4 is 5.96 Å². The van der Waals surface area contributed by atoms with Crippen LogP contribution in [0, 0.1) is 6.92 Å². The van der Waals surface area contributed by atoms with Crippen LogP contribution in [0.15, 0.2) is 29.3 Å². The number of guanidine groups is 1. The van der Waals surface area contributed by atoms with Gasteiger partial charge in [-0.3, -0.25) is 10.4 Å². The summed E-state index contributed by atoms with van der Waals surface area (Å²) in [7, 11) is 1.69. The smallest absolute Gasteiger partial charge is 0.205 e. The molecule has 0 spiro atoms. The number of rotatable bonds is 7. The third-order valence-corrected chi connectivity index (χ3v) is 2.70. The fourth-order valence-corrected chi connectivity index (χ4v) is 1.75. The highest BCUT2D eigenvalue weighted by molar-refractivity contribution is 5.79. The van der Waals surface area contributed by atoms with Crippen LogP contribution in [0.5, 0.6) is 0 Å². The van der Waals surface area contributed by atoms with Gasteiger partial charge in [0.2, 0.25) is 5.96 Å². The molecule has 0 aliphatic heterocycles. The zero-order valence-corrected chi connectivity index (χ0v) is 11.8. The topological polar surface area (TPSA) is 71.7 Å². The molecule has 0 atom stereocenters. The molecule has 0 aliphatic carbocycles. The molecule has 0 aliphatic rings. The Morgan fingerprint density at radius 3 is 2.95 bits per heavy atom. The van der Waals surface area contributed by atoms with E-state index < -0.39 is 0 Å². The number of ether oxygens (including phenoxy) is 1. The van der Waals surface area contributed by atoms with Crippen LogP contribution in [-0.2, 0) is 11.2 Å². The molecule has 0 fully saturated rings. The van der Waals surface area contributed by atoms with E-state index in [4.69, 9.17) is 10.6 Å². The van der Waals surface area contributed by atoms with Crippen LogP contribution in [0.3, 0.4) is 0 Å². The number of nitrogens with zero attached hydrogens (tertiary/aromatic N) is 1. The first-order chi connectivity index (χ1) is 9.26. The highest BCUT2D eigenvalue weighted by Gasteiger charge is 1.97. The molecule has 0 radical (unpaired) electrons. The number of benzene rings is 1. The average Bonchev–Trinajstić information content (AvgIpc) is 2.41. The van der Waals surface area contributed by atoms with Crippen LogP contribution < -0.4 is 16.6 Å². The van der Waals surface area contributed by atoms with Gasteiger partial charge >= 0.3 is 0 Å². The van der Waals surface area contributed by atoms with Gasteiger partial charge in [0.15, 0.2) is 0 Å². The quantitative estimate of drug-likeness (QED) is 0.226. The van der Waals surface area contributed by atoms with Gasteiger partial charge in [-0.05, 0) is 25.3 Å². The minimum Gasteiger partial charge on any atom is -0.385 e. The van der Waals surface area contributed by atoms with E-state index in [1.54, 1.807) is 7.11 Å². The van der Waals surface area contributed by atoms with Gasteiger partial charge in [0.25, 0.3) is 0 Å². The molecular formula is C14H24N4O. The summed E-state index contributed by atoms with van der Waals surface area (Å²) in [6, 6.07) is 8.49. The molecule has 0 bridgehead atoms. The second-order valence-electron chi connectivity index (χ2n) is 4.39. The Labute approximate surface area is 115 Å². The van der Waals surface area contributed by atoms with Gasteiger partial charge in [-0.25, -0.2) is 5.84 Å². The van der Waals surface area contributed by atoms with Gasteiger partial charge in [-0.1, -0.05) is 29.8 Å². The summed E-state index contributed by atoms with van der Waals surface area (Å²) in [6.45, 7) is 4.31. The Kier molecular flexibility index (Phi) is 7.62. The van der Waals surface area contributed by atoms with E-state index in [1.165, 1.54) is 11.1 Å². The van der Waals surface area contributed by atoms with Crippen LogP contribution in [0.1, 0.15) is 17.5 Å². The maximum atomic E-state index is 5.42. The molecular weight excluding hydrogens is 240 g/mol. The first-order valence-electron chi connectivity index (χ1n) is 6.55. The molecule has 1 rings (SSSR count). The van der Waals surface area contributed by atoms with E-state index in [0.717, 1.165) is 19.4 Å². The number of aliphatic imine (C=N–C) groups is 1. The van der Waals surface area contributed by atoms with Crippen molar-refractivity contribution in [3.8, 4) is 0 Å². The lowest BCUT2D eigenvalue weighted by Gasteiger charge is -2.09. The van der Waals surface area contributed by atoms with E-state index in [-0.39, 0.29) is 0 Å². The molecule has 19 heavy (non-hydrogen) atoms. The molecule has 4 N–H and O–H groups in total. The van der Waals surface area contributed by atoms with Crippen molar-refractivity contribution in [2.24, 2.45) is 10.8 Å². The van der Waals surface area contributed by atoms with Gasteiger partial charge in [0, 0.05) is 26.8 Å². The van der Waals surface area contributed by atoms with Crippen molar-refractivity contribution in [3.63, 3.8) is 0 Å². The monoisotopic (exact) mass is 264 g/mol. The highest BCUT2D eigenvalue weighted by Crippen LogP contribution is 2.03. The standard InChI is InChI=1S/C14H24N4O/c1-12-5-3-6-13(11-12)7-9-17-14(18-15)16-8-4-10-19-2/h3,5-6,11H,4,7-10,15H2,1-2H3,(H2,16,17,18). The molecule has 106 valence electrons. The average molecular weight is 264 g/mol. The second kappa shape index (κ2) is 9.35. The zero-order valence-electron chi connectivity index (χ0n) is 11.8. The Bertz CT molecular complexity index is 393. The molecule has 5 heteroatoms. The van der Waals surface area contributed by atoms with Gasteiger partial charge < -0.3 is 10.1 Å². The minimum atomic E-state index is 0.628. The molecule has 0 saturated heterocycles. The number of nitrogens with one attached hydrogen (secondary N) is 2. The summed E-state index contributed by atoms with van der Waals surface area (Å²) in [5, 5.41) is 3.19. The van der Waals surface area contributed by atoms with Crippen molar-refractivity contribution in [2.45, 2.75) is 19.8 Å². The molecule has 5 nitrogen and oxygen atoms in total. The molecule has 1 aromatic rings. The summed E-state index contributed by atoms with van der Waals surface area (Å²) in [5.41, 5.74) is 5.16. The largest absolute Gasteiger partial charge is 0.385 e. The SMILES string of the molecule is COCCCN=C(NN)NCCc1cccc(C)c1. The van der Waals surface area contributed by atoms with E-state index in [9.17, 15) is 0 Å². The Morgan fingerprint density at radius 2 is 2.26 bits per heavy atom. The van der Waals surface area contributed by atoms with Crippen LogP contribution >= 0.6 is 0 Å². The van der Waals surface area contributed by atoms with Gasteiger partial charge in [0.05, 0.1) is 0 Å². The van der Waals surface area contributed by atoms with Crippen molar-refractivity contribution in [3.05, 3.63) is 35.4 Å². The summed E-state index contributed by atoms with van der Waals surface area (Å²) >= 11 is 0. The van der Waals surface area contributed by atoms with E-state index in [0.29, 0.717) is 19.1 Å². The third-order valence-electron chi connectivity index (χ3n) is 2.70. The first kappa shape index (κ1) is 15.5. The predicted octanol–water partition coefficient (Wildman–Crippen LogP) is 0.983. The number of hydrazine groups is 1.